The maximum atomic E-state index is 13.2. The van der Waals surface area contributed by atoms with E-state index in [1.165, 1.54) is 21.3 Å². The number of rotatable bonds is 11. The molecule has 11 heteroatoms. The Hall–Kier alpha value is -2.89. The van der Waals surface area contributed by atoms with E-state index in [-0.39, 0.29) is 0 Å². The zero-order chi connectivity index (χ0) is 26.4. The lowest BCUT2D eigenvalue weighted by Gasteiger charge is -2.39. The molecule has 0 N–H and O–H groups in total. The minimum absolute atomic E-state index is 0.512. The third kappa shape index (κ3) is 6.65. The van der Waals surface area contributed by atoms with Crippen LogP contribution in [0.25, 0.3) is 0 Å². The Labute approximate surface area is 210 Å². The smallest absolute Gasteiger partial charge is 0.389 e. The molecule has 0 aliphatic heterocycles. The molecule has 0 aliphatic carbocycles. The fraction of sp³-hybridized carbons (Fsp3) is 0.280. The van der Waals surface area contributed by atoms with Crippen LogP contribution in [0.4, 0.5) is 13.2 Å². The second kappa shape index (κ2) is 11.4. The molecule has 196 valence electrons. The van der Waals surface area contributed by atoms with Crippen molar-refractivity contribution in [1.82, 2.24) is 0 Å². The second-order valence-corrected chi connectivity index (χ2v) is 12.2. The van der Waals surface area contributed by atoms with Gasteiger partial charge >= 0.3 is 6.18 Å². The van der Waals surface area contributed by atoms with Gasteiger partial charge in [0, 0.05) is 21.1 Å². The summed E-state index contributed by atoms with van der Waals surface area (Å²) in [7, 11) is -2.87. The quantitative estimate of drug-likeness (QED) is 0.271. The minimum Gasteiger partial charge on any atom is -0.497 e. The molecule has 3 aromatic carbocycles. The third-order valence-electron chi connectivity index (χ3n) is 5.23. The molecule has 0 bridgehead atoms. The fourth-order valence-electron chi connectivity index (χ4n) is 3.47. The Balaban J connectivity index is 2.21. The molecule has 0 amide bonds. The molecule has 0 saturated heterocycles. The summed E-state index contributed by atoms with van der Waals surface area (Å²) in [5.41, 5.74) is 0. The molecule has 3 rings (SSSR count). The molecule has 0 fully saturated rings. The number of benzene rings is 3. The van der Waals surface area contributed by atoms with Crippen molar-refractivity contribution in [1.29, 1.82) is 0 Å². The summed E-state index contributed by atoms with van der Waals surface area (Å²) < 4.78 is 86.2. The van der Waals surface area contributed by atoms with E-state index in [1.807, 2.05) is 0 Å². The van der Waals surface area contributed by atoms with Gasteiger partial charge < -0.3 is 14.2 Å². The number of ether oxygens (including phenoxy) is 3. The van der Waals surface area contributed by atoms with Crippen molar-refractivity contribution >= 4 is 20.4 Å². The zero-order valence-electron chi connectivity index (χ0n) is 19.9. The van der Waals surface area contributed by atoms with E-state index >= 15 is 0 Å². The van der Waals surface area contributed by atoms with Crippen molar-refractivity contribution in [3.8, 4) is 17.2 Å². The zero-order valence-corrected chi connectivity index (χ0v) is 21.6. The summed E-state index contributed by atoms with van der Waals surface area (Å²) >= 11 is 0. The van der Waals surface area contributed by atoms with Gasteiger partial charge in [0.15, 0.2) is 0 Å². The van der Waals surface area contributed by atoms with Crippen molar-refractivity contribution in [3.63, 3.8) is 0 Å². The molecule has 0 unspecified atom stereocenters. The summed E-state index contributed by atoms with van der Waals surface area (Å²) in [6.07, 6.45) is -6.32. The van der Waals surface area contributed by atoms with Crippen LogP contribution in [-0.2, 0) is 13.7 Å². The Bertz CT molecular complexity index is 1110. The lowest BCUT2D eigenvalue weighted by Crippen LogP contribution is -2.18. The van der Waals surface area contributed by atoms with Crippen molar-refractivity contribution in [2.75, 3.05) is 27.1 Å². The highest BCUT2D eigenvalue weighted by atomic mass is 32.3. The van der Waals surface area contributed by atoms with Gasteiger partial charge in [-0.2, -0.15) is 21.6 Å². The van der Waals surface area contributed by atoms with E-state index in [4.69, 9.17) is 17.8 Å². The Morgan fingerprint density at radius 3 is 1.25 bits per heavy atom. The van der Waals surface area contributed by atoms with Crippen LogP contribution in [0.5, 0.6) is 17.2 Å². The molecule has 0 spiro atoms. The maximum absolute atomic E-state index is 13.2. The number of methoxy groups -OCH3 is 3. The summed E-state index contributed by atoms with van der Waals surface area (Å²) in [6, 6.07) is 20.2. The molecule has 0 aromatic heterocycles. The Kier molecular flexibility index (Phi) is 8.80. The van der Waals surface area contributed by atoms with Gasteiger partial charge in [0.2, 0.25) is 0 Å². The molecule has 0 radical (unpaired) electrons. The highest BCUT2D eigenvalue weighted by Crippen LogP contribution is 2.70. The number of halogens is 3. The molecular formula is C25H27F3O6S2. The first-order chi connectivity index (χ1) is 17.0. The Morgan fingerprint density at radius 1 is 0.639 bits per heavy atom. The summed E-state index contributed by atoms with van der Waals surface area (Å²) in [4.78, 5) is 1.54. The van der Waals surface area contributed by atoms with Gasteiger partial charge in [0.1, 0.15) is 17.2 Å². The largest absolute Gasteiger partial charge is 0.497 e. The molecule has 0 atom stereocenters. The van der Waals surface area contributed by atoms with E-state index in [1.54, 1.807) is 72.8 Å². The Morgan fingerprint density at radius 2 is 0.972 bits per heavy atom. The fourth-order valence-corrected chi connectivity index (χ4v) is 8.80. The van der Waals surface area contributed by atoms with Gasteiger partial charge in [-0.1, -0.05) is 0 Å². The van der Waals surface area contributed by atoms with Crippen LogP contribution >= 0.6 is 10.3 Å². The van der Waals surface area contributed by atoms with E-state index in [0.717, 1.165) is 0 Å². The molecule has 0 saturated carbocycles. The van der Waals surface area contributed by atoms with Gasteiger partial charge in [0.25, 0.3) is 10.1 Å². The van der Waals surface area contributed by atoms with Crippen LogP contribution in [0.2, 0.25) is 0 Å². The molecule has 6 nitrogen and oxygen atoms in total. The third-order valence-corrected chi connectivity index (χ3v) is 10.5. The van der Waals surface area contributed by atoms with E-state index in [2.05, 4.69) is 0 Å². The normalized spacial score (nSPS) is 12.7. The van der Waals surface area contributed by atoms with Crippen LogP contribution in [0.15, 0.2) is 87.5 Å². The highest BCUT2D eigenvalue weighted by Gasteiger charge is 2.38. The van der Waals surface area contributed by atoms with Crippen LogP contribution < -0.4 is 14.2 Å². The average molecular weight is 545 g/mol. The van der Waals surface area contributed by atoms with Gasteiger partial charge in [-0.3, -0.25) is 0 Å². The van der Waals surface area contributed by atoms with Crippen molar-refractivity contribution < 1.29 is 39.4 Å². The van der Waals surface area contributed by atoms with Gasteiger partial charge in [-0.15, -0.1) is 0 Å². The monoisotopic (exact) mass is 544 g/mol. The molecule has 0 aliphatic rings. The SMILES string of the molecule is COc1ccc(S(OS(=O)(=O)CCCC(F)(F)F)(c2ccc(OC)cc2)c2ccc(OC)cc2)cc1. The number of alkyl halides is 3. The summed E-state index contributed by atoms with van der Waals surface area (Å²) in [5, 5.41) is 0. The standard InChI is InChI=1S/C25H27F3O6S2/c1-31-19-5-11-22(12-6-19)36(23-13-7-20(32-2)8-14-23,24-15-9-21(33-3)10-16-24)34-35(29,30)18-4-17-25(26,27)28/h5-16H,4,17-18H2,1-3H3. The minimum atomic E-state index is -4.47. The first-order valence-electron chi connectivity index (χ1n) is 10.8. The van der Waals surface area contributed by atoms with Gasteiger partial charge in [-0.25, -0.2) is 3.63 Å². The van der Waals surface area contributed by atoms with Crippen molar-refractivity contribution in [2.24, 2.45) is 0 Å². The van der Waals surface area contributed by atoms with Crippen LogP contribution in [-0.4, -0.2) is 41.7 Å². The highest BCUT2D eigenvalue weighted by molar-refractivity contribution is 8.33. The molecule has 0 heterocycles. The average Bonchev–Trinajstić information content (AvgIpc) is 2.86. The van der Waals surface area contributed by atoms with Crippen LogP contribution in [0, 0.1) is 0 Å². The molecule has 3 aromatic rings. The lowest BCUT2D eigenvalue weighted by molar-refractivity contribution is -0.134. The molecular weight excluding hydrogens is 517 g/mol. The van der Waals surface area contributed by atoms with E-state index in [9.17, 15) is 21.6 Å². The lowest BCUT2D eigenvalue weighted by atomic mass is 10.3. The first-order valence-corrected chi connectivity index (χ1v) is 13.9. The van der Waals surface area contributed by atoms with Gasteiger partial charge in [-0.05, 0) is 89.5 Å². The number of hydrogen-bond donors (Lipinski definition) is 0. The van der Waals surface area contributed by atoms with Crippen LogP contribution in [0.1, 0.15) is 12.8 Å². The topological polar surface area (TPSA) is 71.1 Å². The summed E-state index contributed by atoms with van der Waals surface area (Å²) in [5.74, 6) is 0.850. The number of hydrogen-bond acceptors (Lipinski definition) is 6. The van der Waals surface area contributed by atoms with E-state index in [0.29, 0.717) is 31.9 Å². The first kappa shape index (κ1) is 27.7. The van der Waals surface area contributed by atoms with Crippen LogP contribution in [0.3, 0.4) is 0 Å². The van der Waals surface area contributed by atoms with Crippen molar-refractivity contribution in [2.45, 2.75) is 33.7 Å². The van der Waals surface area contributed by atoms with E-state index < -0.39 is 45.2 Å². The second-order valence-electron chi connectivity index (χ2n) is 7.63. The summed E-state index contributed by atoms with van der Waals surface area (Å²) in [6.45, 7) is 0. The van der Waals surface area contributed by atoms with Gasteiger partial charge in [0.05, 0.1) is 27.1 Å². The predicted octanol–water partition coefficient (Wildman–Crippen LogP) is 6.60. The molecule has 36 heavy (non-hydrogen) atoms. The predicted molar refractivity (Wildman–Crippen MR) is 132 cm³/mol. The van der Waals surface area contributed by atoms with Crippen molar-refractivity contribution in [3.05, 3.63) is 72.8 Å². The maximum Gasteiger partial charge on any atom is 0.389 e.